The molecular weight excluding hydrogens is 243 g/mol. The lowest BCUT2D eigenvalue weighted by Crippen LogP contribution is -2.24. The van der Waals surface area contributed by atoms with Gasteiger partial charge in [0.05, 0.1) is 10.7 Å². The van der Waals surface area contributed by atoms with Crippen LogP contribution < -0.4 is 10.2 Å². The van der Waals surface area contributed by atoms with Gasteiger partial charge >= 0.3 is 0 Å². The minimum absolute atomic E-state index is 0.694. The van der Waals surface area contributed by atoms with Crippen molar-refractivity contribution in [3.63, 3.8) is 0 Å². The van der Waals surface area contributed by atoms with Gasteiger partial charge in [0, 0.05) is 18.1 Å². The third-order valence-corrected chi connectivity index (χ3v) is 3.57. The van der Waals surface area contributed by atoms with E-state index in [9.17, 15) is 0 Å². The summed E-state index contributed by atoms with van der Waals surface area (Å²) in [6, 6.07) is 5.71. The average Bonchev–Trinajstić information content (AvgIpc) is 2.67. The standard InChI is InChI=1S/C12H16Cl2N2/c1-15-7-9-4-5-16(8-9)12-3-2-10(13)6-11(12)14/h2-3,6,9,15H,4-5,7-8H2,1H3. The van der Waals surface area contributed by atoms with Gasteiger partial charge in [0.15, 0.2) is 0 Å². The van der Waals surface area contributed by atoms with Crippen LogP contribution in [0.25, 0.3) is 0 Å². The maximum absolute atomic E-state index is 6.19. The number of hydrogen-bond acceptors (Lipinski definition) is 2. The van der Waals surface area contributed by atoms with Crippen molar-refractivity contribution in [1.29, 1.82) is 0 Å². The number of anilines is 1. The average molecular weight is 259 g/mol. The lowest BCUT2D eigenvalue weighted by molar-refractivity contribution is 0.549. The largest absolute Gasteiger partial charge is 0.370 e. The Bertz CT molecular complexity index is 368. The monoisotopic (exact) mass is 258 g/mol. The van der Waals surface area contributed by atoms with Crippen molar-refractivity contribution < 1.29 is 0 Å². The number of hydrogen-bond donors (Lipinski definition) is 1. The summed E-state index contributed by atoms with van der Waals surface area (Å²) in [5, 5.41) is 4.67. The molecule has 2 nitrogen and oxygen atoms in total. The molecule has 0 saturated carbocycles. The van der Waals surface area contributed by atoms with Crippen LogP contribution in [0, 0.1) is 5.92 Å². The normalized spacial score (nSPS) is 20.4. The summed E-state index contributed by atoms with van der Waals surface area (Å²) in [5.41, 5.74) is 1.10. The molecule has 1 atom stereocenters. The first-order valence-electron chi connectivity index (χ1n) is 5.55. The van der Waals surface area contributed by atoms with E-state index in [4.69, 9.17) is 23.2 Å². The third kappa shape index (κ3) is 2.62. The summed E-state index contributed by atoms with van der Waals surface area (Å²) in [6.45, 7) is 3.22. The maximum atomic E-state index is 6.19. The molecule has 0 aliphatic carbocycles. The van der Waals surface area contributed by atoms with Crippen LogP contribution >= 0.6 is 23.2 Å². The second-order valence-electron chi connectivity index (χ2n) is 4.25. The first-order chi connectivity index (χ1) is 7.70. The molecular formula is C12H16Cl2N2. The van der Waals surface area contributed by atoms with Crippen LogP contribution in [-0.4, -0.2) is 26.7 Å². The van der Waals surface area contributed by atoms with E-state index >= 15 is 0 Å². The molecule has 1 N–H and O–H groups in total. The van der Waals surface area contributed by atoms with E-state index in [1.165, 1.54) is 6.42 Å². The molecule has 0 bridgehead atoms. The Morgan fingerprint density at radius 1 is 1.44 bits per heavy atom. The van der Waals surface area contributed by atoms with Gasteiger partial charge in [0.1, 0.15) is 0 Å². The van der Waals surface area contributed by atoms with Crippen LogP contribution in [0.4, 0.5) is 5.69 Å². The topological polar surface area (TPSA) is 15.3 Å². The fourth-order valence-corrected chi connectivity index (χ4v) is 2.77. The Labute approximate surface area is 107 Å². The minimum Gasteiger partial charge on any atom is -0.370 e. The Morgan fingerprint density at radius 2 is 2.25 bits per heavy atom. The van der Waals surface area contributed by atoms with Crippen molar-refractivity contribution in [3.05, 3.63) is 28.2 Å². The summed E-state index contributed by atoms with van der Waals surface area (Å²) in [4.78, 5) is 2.33. The van der Waals surface area contributed by atoms with Crippen molar-refractivity contribution >= 4 is 28.9 Å². The molecule has 1 aliphatic heterocycles. The van der Waals surface area contributed by atoms with E-state index in [0.29, 0.717) is 5.02 Å². The molecule has 0 amide bonds. The maximum Gasteiger partial charge on any atom is 0.0654 e. The quantitative estimate of drug-likeness (QED) is 0.897. The summed E-state index contributed by atoms with van der Waals surface area (Å²) in [5.74, 6) is 0.719. The number of rotatable bonds is 3. The molecule has 0 aromatic heterocycles. The molecule has 0 radical (unpaired) electrons. The Morgan fingerprint density at radius 3 is 2.94 bits per heavy atom. The molecule has 1 heterocycles. The smallest absolute Gasteiger partial charge is 0.0654 e. The van der Waals surface area contributed by atoms with Crippen LogP contribution in [0.3, 0.4) is 0 Å². The molecule has 16 heavy (non-hydrogen) atoms. The Hall–Kier alpha value is -0.440. The van der Waals surface area contributed by atoms with E-state index in [-0.39, 0.29) is 0 Å². The first-order valence-corrected chi connectivity index (χ1v) is 6.31. The van der Waals surface area contributed by atoms with Crippen molar-refractivity contribution in [3.8, 4) is 0 Å². The van der Waals surface area contributed by atoms with Crippen LogP contribution in [0.1, 0.15) is 6.42 Å². The van der Waals surface area contributed by atoms with E-state index in [2.05, 4.69) is 10.2 Å². The predicted molar refractivity (Wildman–Crippen MR) is 70.7 cm³/mol. The van der Waals surface area contributed by atoms with Crippen molar-refractivity contribution in [2.24, 2.45) is 5.92 Å². The number of halogens is 2. The zero-order valence-corrected chi connectivity index (χ0v) is 10.9. The molecule has 1 aromatic rings. The second-order valence-corrected chi connectivity index (χ2v) is 5.10. The lowest BCUT2D eigenvalue weighted by atomic mass is 10.1. The Balaban J connectivity index is 2.08. The highest BCUT2D eigenvalue weighted by molar-refractivity contribution is 6.36. The second kappa shape index (κ2) is 5.26. The van der Waals surface area contributed by atoms with E-state index in [1.807, 2.05) is 25.2 Å². The molecule has 1 unspecified atom stereocenters. The van der Waals surface area contributed by atoms with Gasteiger partial charge in [0.25, 0.3) is 0 Å². The van der Waals surface area contributed by atoms with E-state index < -0.39 is 0 Å². The molecule has 1 fully saturated rings. The zero-order valence-electron chi connectivity index (χ0n) is 9.34. The minimum atomic E-state index is 0.694. The number of benzene rings is 1. The van der Waals surface area contributed by atoms with Gasteiger partial charge in [-0.25, -0.2) is 0 Å². The predicted octanol–water partition coefficient (Wildman–Crippen LogP) is 3.04. The van der Waals surface area contributed by atoms with Gasteiger partial charge in [-0.3, -0.25) is 0 Å². The molecule has 4 heteroatoms. The SMILES string of the molecule is CNCC1CCN(c2ccc(Cl)cc2Cl)C1. The highest BCUT2D eigenvalue weighted by Crippen LogP contribution is 2.32. The van der Waals surface area contributed by atoms with Gasteiger partial charge in [-0.1, -0.05) is 23.2 Å². The molecule has 1 saturated heterocycles. The first kappa shape index (κ1) is 12.0. The van der Waals surface area contributed by atoms with Crippen LogP contribution in [0.5, 0.6) is 0 Å². The highest BCUT2D eigenvalue weighted by atomic mass is 35.5. The Kier molecular flexibility index (Phi) is 3.95. The fraction of sp³-hybridized carbons (Fsp3) is 0.500. The van der Waals surface area contributed by atoms with Crippen molar-refractivity contribution in [2.45, 2.75) is 6.42 Å². The summed E-state index contributed by atoms with van der Waals surface area (Å²) in [6.07, 6.45) is 1.22. The lowest BCUT2D eigenvalue weighted by Gasteiger charge is -2.20. The van der Waals surface area contributed by atoms with Crippen LogP contribution in [0.15, 0.2) is 18.2 Å². The van der Waals surface area contributed by atoms with E-state index in [0.717, 1.165) is 36.3 Å². The molecule has 88 valence electrons. The van der Waals surface area contributed by atoms with Crippen LogP contribution in [-0.2, 0) is 0 Å². The van der Waals surface area contributed by atoms with Gasteiger partial charge in [-0.05, 0) is 44.1 Å². The van der Waals surface area contributed by atoms with Gasteiger partial charge in [-0.15, -0.1) is 0 Å². The van der Waals surface area contributed by atoms with Crippen molar-refractivity contribution in [1.82, 2.24) is 5.32 Å². The highest BCUT2D eigenvalue weighted by Gasteiger charge is 2.23. The zero-order chi connectivity index (χ0) is 11.5. The molecule has 1 aromatic carbocycles. The molecule has 0 spiro atoms. The summed E-state index contributed by atoms with van der Waals surface area (Å²) < 4.78 is 0. The van der Waals surface area contributed by atoms with E-state index in [1.54, 1.807) is 0 Å². The molecule has 1 aliphatic rings. The van der Waals surface area contributed by atoms with Crippen molar-refractivity contribution in [2.75, 3.05) is 31.6 Å². The van der Waals surface area contributed by atoms with Gasteiger partial charge in [0.2, 0.25) is 0 Å². The number of nitrogens with zero attached hydrogens (tertiary/aromatic N) is 1. The van der Waals surface area contributed by atoms with Gasteiger partial charge in [-0.2, -0.15) is 0 Å². The fourth-order valence-electron chi connectivity index (χ4n) is 2.24. The third-order valence-electron chi connectivity index (χ3n) is 3.03. The van der Waals surface area contributed by atoms with Gasteiger partial charge < -0.3 is 10.2 Å². The number of nitrogens with one attached hydrogen (secondary N) is 1. The summed E-state index contributed by atoms with van der Waals surface area (Å²) in [7, 11) is 2.00. The molecule has 2 rings (SSSR count). The summed E-state index contributed by atoms with van der Waals surface area (Å²) >= 11 is 12.1. The van der Waals surface area contributed by atoms with Crippen LogP contribution in [0.2, 0.25) is 10.0 Å².